The molecule has 2 N–H and O–H groups in total. The fourth-order valence-electron chi connectivity index (χ4n) is 3.02. The summed E-state index contributed by atoms with van der Waals surface area (Å²) in [4.78, 5) is 43.9. The molecular formula is C16H15F2N7O4S. The molecule has 1 aliphatic rings. The van der Waals surface area contributed by atoms with Crippen molar-refractivity contribution < 1.29 is 18.3 Å². The van der Waals surface area contributed by atoms with Crippen LogP contribution in [-0.2, 0) is 22.0 Å². The number of aromatic nitrogens is 6. The van der Waals surface area contributed by atoms with Crippen LogP contribution in [-0.4, -0.2) is 66.6 Å². The van der Waals surface area contributed by atoms with Gasteiger partial charge in [-0.1, -0.05) is 5.21 Å². The number of rotatable bonds is 5. The lowest BCUT2D eigenvalue weighted by Crippen LogP contribution is -2.52. The number of thiazole rings is 1. The maximum Gasteiger partial charge on any atom is 0.356 e. The Morgan fingerprint density at radius 3 is 2.97 bits per heavy atom. The molecule has 0 radical (unpaired) electrons. The fourth-order valence-corrected chi connectivity index (χ4v) is 3.60. The van der Waals surface area contributed by atoms with Gasteiger partial charge in [0.15, 0.2) is 0 Å². The number of aromatic amines is 2. The zero-order valence-corrected chi connectivity index (χ0v) is 16.1. The molecule has 1 atom stereocenters. The van der Waals surface area contributed by atoms with Gasteiger partial charge in [-0.3, -0.25) is 14.6 Å². The average Bonchev–Trinajstić information content (AvgIpc) is 3.39. The first-order chi connectivity index (χ1) is 14.3. The van der Waals surface area contributed by atoms with Gasteiger partial charge in [0, 0.05) is 30.9 Å². The summed E-state index contributed by atoms with van der Waals surface area (Å²) < 4.78 is 36.3. The summed E-state index contributed by atoms with van der Waals surface area (Å²) in [6.07, 6.45) is 3.24. The van der Waals surface area contributed by atoms with Gasteiger partial charge in [0.1, 0.15) is 16.3 Å². The summed E-state index contributed by atoms with van der Waals surface area (Å²) in [6.45, 7) is 0.0471. The molecule has 1 unspecified atom stereocenters. The van der Waals surface area contributed by atoms with Crippen LogP contribution in [0.2, 0.25) is 0 Å². The molecule has 4 heterocycles. The number of carbonyl (C=O) groups is 1. The Balaban J connectivity index is 1.46. The molecule has 11 nitrogen and oxygen atoms in total. The Morgan fingerprint density at radius 1 is 1.40 bits per heavy atom. The van der Waals surface area contributed by atoms with E-state index in [-0.39, 0.29) is 26.2 Å². The number of carbonyl (C=O) groups excluding carboxylic acids is 1. The minimum atomic E-state index is -4.11. The Bertz CT molecular complexity index is 1160. The molecule has 158 valence electrons. The minimum Gasteiger partial charge on any atom is -0.373 e. The first-order valence-corrected chi connectivity index (χ1v) is 9.64. The van der Waals surface area contributed by atoms with Gasteiger partial charge in [-0.25, -0.2) is 14.5 Å². The van der Waals surface area contributed by atoms with Crippen molar-refractivity contribution in [3.63, 3.8) is 0 Å². The standard InChI is InChI=1S/C16H15F2N7O4S/c17-16(18,10-5-20-15(28)21-12(10)26)14(27)24-2-3-29-9(6-24)7-25-8-11(22-23-25)13-19-1-4-30-13/h1,4-5,8-9H,2-3,6-7H2,(H2,20,21,26,28). The van der Waals surface area contributed by atoms with Gasteiger partial charge in [0.25, 0.3) is 11.5 Å². The van der Waals surface area contributed by atoms with Gasteiger partial charge in [0.05, 0.1) is 25.5 Å². The van der Waals surface area contributed by atoms with Crippen molar-refractivity contribution in [3.8, 4) is 10.7 Å². The van der Waals surface area contributed by atoms with E-state index in [1.165, 1.54) is 16.0 Å². The van der Waals surface area contributed by atoms with Crippen molar-refractivity contribution in [3.05, 3.63) is 50.4 Å². The second-order valence-electron chi connectivity index (χ2n) is 6.47. The van der Waals surface area contributed by atoms with Crippen LogP contribution in [0.1, 0.15) is 5.56 Å². The Labute approximate surface area is 170 Å². The third kappa shape index (κ3) is 3.91. The second-order valence-corrected chi connectivity index (χ2v) is 7.36. The topological polar surface area (TPSA) is 139 Å². The van der Waals surface area contributed by atoms with Gasteiger partial charge >= 0.3 is 11.6 Å². The molecule has 0 aliphatic carbocycles. The number of hydrogen-bond donors (Lipinski definition) is 2. The number of nitrogens with one attached hydrogen (secondary N) is 2. The lowest BCUT2D eigenvalue weighted by atomic mass is 10.1. The maximum atomic E-state index is 14.6. The molecule has 1 aliphatic heterocycles. The third-order valence-electron chi connectivity index (χ3n) is 4.43. The van der Waals surface area contributed by atoms with Gasteiger partial charge in [-0.05, 0) is 0 Å². The van der Waals surface area contributed by atoms with E-state index in [1.54, 1.807) is 22.8 Å². The number of hydrogen-bond acceptors (Lipinski definition) is 8. The summed E-state index contributed by atoms with van der Waals surface area (Å²) >= 11 is 1.40. The first-order valence-electron chi connectivity index (χ1n) is 8.76. The number of morpholine rings is 1. The van der Waals surface area contributed by atoms with Crippen LogP contribution < -0.4 is 11.2 Å². The largest absolute Gasteiger partial charge is 0.373 e. The zero-order chi connectivity index (χ0) is 21.3. The van der Waals surface area contributed by atoms with Gasteiger partial charge in [-0.15, -0.1) is 16.4 Å². The molecule has 3 aromatic heterocycles. The van der Waals surface area contributed by atoms with E-state index >= 15 is 0 Å². The highest BCUT2D eigenvalue weighted by atomic mass is 32.1. The molecule has 0 aromatic carbocycles. The van der Waals surface area contributed by atoms with Gasteiger partial charge in [-0.2, -0.15) is 8.78 Å². The Morgan fingerprint density at radius 2 is 2.23 bits per heavy atom. The summed E-state index contributed by atoms with van der Waals surface area (Å²) in [5.41, 5.74) is -2.82. The van der Waals surface area contributed by atoms with Crippen molar-refractivity contribution in [2.24, 2.45) is 0 Å². The van der Waals surface area contributed by atoms with Crippen molar-refractivity contribution in [2.75, 3.05) is 19.7 Å². The average molecular weight is 439 g/mol. The van der Waals surface area contributed by atoms with Crippen LogP contribution in [0.4, 0.5) is 8.78 Å². The van der Waals surface area contributed by atoms with Crippen LogP contribution in [0.5, 0.6) is 0 Å². The van der Waals surface area contributed by atoms with E-state index in [0.717, 1.165) is 4.90 Å². The van der Waals surface area contributed by atoms with E-state index in [4.69, 9.17) is 4.74 Å². The minimum absolute atomic E-state index is 0.0441. The van der Waals surface area contributed by atoms with E-state index in [9.17, 15) is 23.2 Å². The van der Waals surface area contributed by atoms with Crippen LogP contribution in [0.3, 0.4) is 0 Å². The highest BCUT2D eigenvalue weighted by Crippen LogP contribution is 2.28. The van der Waals surface area contributed by atoms with E-state index < -0.39 is 34.7 Å². The summed E-state index contributed by atoms with van der Waals surface area (Å²) in [5.74, 6) is -5.65. The quantitative estimate of drug-likeness (QED) is 0.561. The Kier molecular flexibility index (Phi) is 5.26. The van der Waals surface area contributed by atoms with Crippen LogP contribution in [0.25, 0.3) is 10.7 Å². The highest BCUT2D eigenvalue weighted by molar-refractivity contribution is 7.13. The molecule has 1 fully saturated rings. The summed E-state index contributed by atoms with van der Waals surface area (Å²) in [5, 5.41) is 10.5. The molecular weight excluding hydrogens is 424 g/mol. The summed E-state index contributed by atoms with van der Waals surface area (Å²) in [6, 6.07) is 0. The molecule has 30 heavy (non-hydrogen) atoms. The smallest absolute Gasteiger partial charge is 0.356 e. The van der Waals surface area contributed by atoms with Crippen LogP contribution in [0, 0.1) is 0 Å². The molecule has 3 aromatic rings. The zero-order valence-electron chi connectivity index (χ0n) is 15.2. The molecule has 0 saturated carbocycles. The molecule has 1 amide bonds. The van der Waals surface area contributed by atoms with E-state index in [2.05, 4.69) is 15.3 Å². The van der Waals surface area contributed by atoms with Crippen molar-refractivity contribution in [1.29, 1.82) is 0 Å². The highest BCUT2D eigenvalue weighted by Gasteiger charge is 2.47. The molecule has 4 rings (SSSR count). The van der Waals surface area contributed by atoms with E-state index in [0.29, 0.717) is 16.9 Å². The summed E-state index contributed by atoms with van der Waals surface area (Å²) in [7, 11) is 0. The van der Waals surface area contributed by atoms with Gasteiger partial charge < -0.3 is 14.6 Å². The second kappa shape index (κ2) is 7.87. The van der Waals surface area contributed by atoms with Crippen molar-refractivity contribution >= 4 is 17.2 Å². The molecule has 1 saturated heterocycles. The molecule has 0 bridgehead atoms. The van der Waals surface area contributed by atoms with Crippen molar-refractivity contribution in [2.45, 2.75) is 18.6 Å². The fraction of sp³-hybridized carbons (Fsp3) is 0.375. The van der Waals surface area contributed by atoms with E-state index in [1.807, 2.05) is 4.98 Å². The monoisotopic (exact) mass is 439 g/mol. The van der Waals surface area contributed by atoms with Crippen LogP contribution in [0.15, 0.2) is 33.6 Å². The lowest BCUT2D eigenvalue weighted by Gasteiger charge is -2.34. The number of amides is 1. The number of H-pyrrole nitrogens is 2. The first kappa shape index (κ1) is 20.0. The van der Waals surface area contributed by atoms with Gasteiger partial charge in [0.2, 0.25) is 0 Å². The molecule has 14 heteroatoms. The van der Waals surface area contributed by atoms with Crippen molar-refractivity contribution in [1.82, 2.24) is 34.8 Å². The van der Waals surface area contributed by atoms with Crippen LogP contribution >= 0.6 is 11.3 Å². The third-order valence-corrected chi connectivity index (χ3v) is 5.23. The lowest BCUT2D eigenvalue weighted by molar-refractivity contribution is -0.166. The number of alkyl halides is 2. The predicted octanol–water partition coefficient (Wildman–Crippen LogP) is -0.202. The number of ether oxygens (including phenoxy) is 1. The number of nitrogens with zero attached hydrogens (tertiary/aromatic N) is 5. The molecule has 0 spiro atoms. The normalized spacial score (nSPS) is 17.3. The SMILES string of the molecule is O=C(N1CCOC(Cn2cc(-c3nccs3)nn2)C1)C(F)(F)c1c[nH]c(=O)[nH]c1=O. The number of halogens is 2. The predicted molar refractivity (Wildman–Crippen MR) is 99.0 cm³/mol. The maximum absolute atomic E-state index is 14.6. The Hall–Kier alpha value is -3.26.